The van der Waals surface area contributed by atoms with E-state index in [9.17, 15) is 4.79 Å². The molecule has 3 N–H and O–H groups in total. The molecule has 1 heterocycles. The number of amides is 1. The summed E-state index contributed by atoms with van der Waals surface area (Å²) in [4.78, 5) is 13.9. The molecule has 0 aromatic heterocycles. The van der Waals surface area contributed by atoms with E-state index in [0.717, 1.165) is 0 Å². The molecule has 0 spiro atoms. The fraction of sp³-hybridized carbons (Fsp3) is 0.200. The summed E-state index contributed by atoms with van der Waals surface area (Å²) >= 11 is 0. The van der Waals surface area contributed by atoms with Gasteiger partial charge in [-0.3, -0.25) is 9.79 Å². The highest BCUT2D eigenvalue weighted by Gasteiger charge is 2.12. The van der Waals surface area contributed by atoms with Gasteiger partial charge in [-0.1, -0.05) is 0 Å². The third-order valence-electron chi connectivity index (χ3n) is 1.04. The van der Waals surface area contributed by atoms with Crippen LogP contribution in [0.3, 0.4) is 0 Å². The van der Waals surface area contributed by atoms with Gasteiger partial charge in [0.1, 0.15) is 5.76 Å². The summed E-state index contributed by atoms with van der Waals surface area (Å²) in [6, 6.07) is 0. The average molecular weight is 126 g/mol. The van der Waals surface area contributed by atoms with Gasteiger partial charge in [0.05, 0.1) is 12.1 Å². The van der Waals surface area contributed by atoms with E-state index in [0.29, 0.717) is 0 Å². The van der Waals surface area contributed by atoms with Crippen molar-refractivity contribution < 1.29 is 9.90 Å². The van der Waals surface area contributed by atoms with Gasteiger partial charge in [-0.25, -0.2) is 0 Å². The molecule has 0 saturated heterocycles. The van der Waals surface area contributed by atoms with Gasteiger partial charge >= 0.3 is 0 Å². The largest absolute Gasteiger partial charge is 0.509 e. The fourth-order valence-electron chi connectivity index (χ4n) is 0.589. The van der Waals surface area contributed by atoms with Crippen LogP contribution in [0.1, 0.15) is 0 Å². The van der Waals surface area contributed by atoms with Crippen molar-refractivity contribution in [1.29, 1.82) is 0 Å². The van der Waals surface area contributed by atoms with E-state index in [2.05, 4.69) is 4.99 Å². The van der Waals surface area contributed by atoms with Crippen molar-refractivity contribution in [3.63, 3.8) is 0 Å². The third kappa shape index (κ3) is 0.910. The Labute approximate surface area is 51.7 Å². The lowest BCUT2D eigenvalue weighted by Crippen LogP contribution is -2.15. The predicted molar refractivity (Wildman–Crippen MR) is 32.2 cm³/mol. The van der Waals surface area contributed by atoms with E-state index in [1.165, 1.54) is 6.21 Å². The minimum Gasteiger partial charge on any atom is -0.509 e. The Bertz CT molecular complexity index is 205. The van der Waals surface area contributed by atoms with Crippen LogP contribution in [0.2, 0.25) is 0 Å². The monoisotopic (exact) mass is 126 g/mol. The number of rotatable bonds is 1. The molecule has 0 atom stereocenters. The summed E-state index contributed by atoms with van der Waals surface area (Å²) in [5.41, 5.74) is 4.96. The SMILES string of the molecule is NC(=O)C1=C(O)CN=C1. The summed E-state index contributed by atoms with van der Waals surface area (Å²) in [7, 11) is 0. The summed E-state index contributed by atoms with van der Waals surface area (Å²) in [6.45, 7) is 0.179. The molecule has 0 aromatic rings. The normalized spacial score (nSPS) is 16.9. The van der Waals surface area contributed by atoms with Gasteiger partial charge in [0.15, 0.2) is 0 Å². The molecule has 48 valence electrons. The lowest BCUT2D eigenvalue weighted by molar-refractivity contribution is -0.114. The molecule has 0 aromatic carbocycles. The zero-order valence-corrected chi connectivity index (χ0v) is 4.66. The van der Waals surface area contributed by atoms with Crippen molar-refractivity contribution in [2.24, 2.45) is 10.7 Å². The van der Waals surface area contributed by atoms with Crippen LogP contribution in [-0.4, -0.2) is 23.8 Å². The second-order valence-corrected chi connectivity index (χ2v) is 1.69. The number of carbonyl (C=O) groups is 1. The van der Waals surface area contributed by atoms with Crippen LogP contribution in [0.5, 0.6) is 0 Å². The Kier molecular flexibility index (Phi) is 1.22. The summed E-state index contributed by atoms with van der Waals surface area (Å²) in [6.07, 6.45) is 1.28. The second-order valence-electron chi connectivity index (χ2n) is 1.69. The van der Waals surface area contributed by atoms with Crippen LogP contribution in [0.15, 0.2) is 16.3 Å². The Morgan fingerprint density at radius 1 is 1.89 bits per heavy atom. The molecule has 9 heavy (non-hydrogen) atoms. The molecular formula is C5H6N2O2. The highest BCUT2D eigenvalue weighted by atomic mass is 16.3. The van der Waals surface area contributed by atoms with Crippen LogP contribution < -0.4 is 5.73 Å². The van der Waals surface area contributed by atoms with Gasteiger partial charge in [0.2, 0.25) is 0 Å². The highest BCUT2D eigenvalue weighted by molar-refractivity contribution is 6.12. The summed E-state index contributed by atoms with van der Waals surface area (Å²) in [5, 5.41) is 8.81. The molecule has 1 rings (SSSR count). The van der Waals surface area contributed by atoms with Crippen molar-refractivity contribution in [3.8, 4) is 0 Å². The average Bonchev–Trinajstić information content (AvgIpc) is 2.13. The molecule has 4 heteroatoms. The molecular weight excluding hydrogens is 120 g/mol. The Balaban J connectivity index is 2.89. The lowest BCUT2D eigenvalue weighted by Gasteiger charge is -1.90. The van der Waals surface area contributed by atoms with Crippen molar-refractivity contribution in [3.05, 3.63) is 11.3 Å². The van der Waals surface area contributed by atoms with E-state index in [1.54, 1.807) is 0 Å². The topological polar surface area (TPSA) is 75.7 Å². The van der Waals surface area contributed by atoms with Crippen LogP contribution in [-0.2, 0) is 4.79 Å². The van der Waals surface area contributed by atoms with E-state index in [1.807, 2.05) is 0 Å². The standard InChI is InChI=1S/C5H6N2O2/c6-5(9)3-1-7-2-4(3)8/h1,8H,2H2,(H2,6,9). The smallest absolute Gasteiger partial charge is 0.253 e. The maximum Gasteiger partial charge on any atom is 0.253 e. The first-order chi connectivity index (χ1) is 4.22. The van der Waals surface area contributed by atoms with Crippen LogP contribution >= 0.6 is 0 Å². The number of hydrogen-bond acceptors (Lipinski definition) is 3. The van der Waals surface area contributed by atoms with E-state index in [4.69, 9.17) is 10.8 Å². The van der Waals surface area contributed by atoms with Crippen molar-refractivity contribution in [2.75, 3.05) is 6.54 Å². The lowest BCUT2D eigenvalue weighted by atomic mass is 10.2. The number of nitrogens with two attached hydrogens (primary N) is 1. The summed E-state index contributed by atoms with van der Waals surface area (Å²) < 4.78 is 0. The number of hydrogen-bond donors (Lipinski definition) is 2. The van der Waals surface area contributed by atoms with Crippen molar-refractivity contribution in [2.45, 2.75) is 0 Å². The number of nitrogens with zero attached hydrogens (tertiary/aromatic N) is 1. The first-order valence-electron chi connectivity index (χ1n) is 2.43. The molecule has 0 bridgehead atoms. The maximum atomic E-state index is 10.3. The molecule has 0 saturated carbocycles. The van der Waals surface area contributed by atoms with Crippen LogP contribution in [0.25, 0.3) is 0 Å². The van der Waals surface area contributed by atoms with Crippen molar-refractivity contribution >= 4 is 12.1 Å². The molecule has 1 amide bonds. The van der Waals surface area contributed by atoms with Gasteiger partial charge in [-0.15, -0.1) is 0 Å². The molecule has 1 aliphatic rings. The predicted octanol–water partition coefficient (Wildman–Crippen LogP) is -0.632. The molecule has 4 nitrogen and oxygen atoms in total. The molecule has 0 unspecified atom stereocenters. The van der Waals surface area contributed by atoms with Gasteiger partial charge in [0, 0.05) is 6.21 Å². The van der Waals surface area contributed by atoms with Crippen LogP contribution in [0.4, 0.5) is 0 Å². The van der Waals surface area contributed by atoms with Gasteiger partial charge in [-0.05, 0) is 0 Å². The Hall–Kier alpha value is -1.32. The fourth-order valence-corrected chi connectivity index (χ4v) is 0.589. The van der Waals surface area contributed by atoms with E-state index >= 15 is 0 Å². The van der Waals surface area contributed by atoms with E-state index in [-0.39, 0.29) is 17.9 Å². The number of aliphatic hydroxyl groups is 1. The van der Waals surface area contributed by atoms with Gasteiger partial charge in [-0.2, -0.15) is 0 Å². The first-order valence-corrected chi connectivity index (χ1v) is 2.43. The minimum atomic E-state index is -0.631. The Morgan fingerprint density at radius 3 is 2.78 bits per heavy atom. The molecule has 0 aliphatic carbocycles. The first kappa shape index (κ1) is 5.81. The Morgan fingerprint density at radius 2 is 2.56 bits per heavy atom. The third-order valence-corrected chi connectivity index (χ3v) is 1.04. The zero-order chi connectivity index (χ0) is 6.85. The second kappa shape index (κ2) is 1.89. The molecule has 1 aliphatic heterocycles. The maximum absolute atomic E-state index is 10.3. The van der Waals surface area contributed by atoms with Crippen molar-refractivity contribution in [1.82, 2.24) is 0 Å². The number of aliphatic imine (C=N–C) groups is 1. The zero-order valence-electron chi connectivity index (χ0n) is 4.66. The van der Waals surface area contributed by atoms with E-state index < -0.39 is 5.91 Å². The van der Waals surface area contributed by atoms with Gasteiger partial charge in [0.25, 0.3) is 5.91 Å². The highest BCUT2D eigenvalue weighted by Crippen LogP contribution is 2.04. The molecule has 0 radical (unpaired) electrons. The number of aliphatic hydroxyl groups excluding tert-OH is 1. The number of carbonyl (C=O) groups excluding carboxylic acids is 1. The number of primary amides is 1. The quantitative estimate of drug-likeness (QED) is 0.490. The van der Waals surface area contributed by atoms with Gasteiger partial charge < -0.3 is 10.8 Å². The van der Waals surface area contributed by atoms with Crippen LogP contribution in [0, 0.1) is 0 Å². The molecule has 0 fully saturated rings. The minimum absolute atomic E-state index is 0.0394. The summed E-state index contributed by atoms with van der Waals surface area (Å²) in [5.74, 6) is -0.670.